The molecule has 0 bridgehead atoms. The van der Waals surface area contributed by atoms with Crippen molar-refractivity contribution in [2.45, 2.75) is 72.1 Å². The topological polar surface area (TPSA) is 26.3 Å². The highest BCUT2D eigenvalue weighted by Gasteiger charge is 2.02. The molecule has 0 N–H and O–H groups in total. The van der Waals surface area contributed by atoms with Crippen molar-refractivity contribution in [2.75, 3.05) is 6.61 Å². The number of carbonyl (C=O) groups excluding carboxylic acids is 1. The molecule has 0 saturated heterocycles. The van der Waals surface area contributed by atoms with Gasteiger partial charge in [-0.05, 0) is 19.3 Å². The first-order valence-corrected chi connectivity index (χ1v) is 7.40. The van der Waals surface area contributed by atoms with Crippen LogP contribution in [-0.4, -0.2) is 12.6 Å². The fourth-order valence-electron chi connectivity index (χ4n) is 1.79. The third-order valence-corrected chi connectivity index (χ3v) is 3.37. The molecule has 0 heterocycles. The van der Waals surface area contributed by atoms with E-state index in [9.17, 15) is 4.79 Å². The van der Waals surface area contributed by atoms with Gasteiger partial charge in [0, 0.05) is 5.57 Å². The van der Waals surface area contributed by atoms with Crippen molar-refractivity contribution in [3.05, 3.63) is 12.2 Å². The second-order valence-corrected chi connectivity index (χ2v) is 5.34. The SMILES string of the molecule is C=C(C)C(=O)OCCCCCCCCC(C)CC. The molecule has 18 heavy (non-hydrogen) atoms. The third kappa shape index (κ3) is 10.4. The normalized spacial score (nSPS) is 12.2. The summed E-state index contributed by atoms with van der Waals surface area (Å²) < 4.78 is 5.04. The van der Waals surface area contributed by atoms with Gasteiger partial charge >= 0.3 is 5.97 Å². The van der Waals surface area contributed by atoms with Gasteiger partial charge in [0.15, 0.2) is 0 Å². The van der Waals surface area contributed by atoms with E-state index < -0.39 is 0 Å². The fraction of sp³-hybridized carbons (Fsp3) is 0.812. The lowest BCUT2D eigenvalue weighted by Gasteiger charge is -2.07. The quantitative estimate of drug-likeness (QED) is 0.298. The Bertz CT molecular complexity index is 233. The number of carbonyl (C=O) groups is 1. The van der Waals surface area contributed by atoms with Crippen LogP contribution in [0, 0.1) is 5.92 Å². The smallest absolute Gasteiger partial charge is 0.333 e. The van der Waals surface area contributed by atoms with Gasteiger partial charge < -0.3 is 4.74 Å². The van der Waals surface area contributed by atoms with E-state index in [1.807, 2.05) is 0 Å². The number of unbranched alkanes of at least 4 members (excludes halogenated alkanes) is 5. The second kappa shape index (κ2) is 11.3. The van der Waals surface area contributed by atoms with Gasteiger partial charge in [-0.3, -0.25) is 0 Å². The van der Waals surface area contributed by atoms with Crippen LogP contribution in [0.25, 0.3) is 0 Å². The van der Waals surface area contributed by atoms with Crippen LogP contribution in [0.15, 0.2) is 12.2 Å². The van der Waals surface area contributed by atoms with Crippen LogP contribution in [0.3, 0.4) is 0 Å². The zero-order valence-electron chi connectivity index (χ0n) is 12.5. The van der Waals surface area contributed by atoms with Gasteiger partial charge in [0.25, 0.3) is 0 Å². The van der Waals surface area contributed by atoms with Crippen molar-refractivity contribution < 1.29 is 9.53 Å². The van der Waals surface area contributed by atoms with Crippen molar-refractivity contribution in [3.8, 4) is 0 Å². The molecule has 0 amide bonds. The maximum Gasteiger partial charge on any atom is 0.333 e. The van der Waals surface area contributed by atoms with E-state index in [1.54, 1.807) is 6.92 Å². The Labute approximate surface area is 113 Å². The van der Waals surface area contributed by atoms with Crippen molar-refractivity contribution in [1.29, 1.82) is 0 Å². The van der Waals surface area contributed by atoms with Gasteiger partial charge in [-0.25, -0.2) is 4.79 Å². The summed E-state index contributed by atoms with van der Waals surface area (Å²) in [5.41, 5.74) is 0.486. The molecule has 2 heteroatoms. The Hall–Kier alpha value is -0.790. The fourth-order valence-corrected chi connectivity index (χ4v) is 1.79. The maximum absolute atomic E-state index is 11.1. The summed E-state index contributed by atoms with van der Waals surface area (Å²) in [6.45, 7) is 10.4. The average Bonchev–Trinajstić information content (AvgIpc) is 2.35. The largest absolute Gasteiger partial charge is 0.462 e. The molecule has 0 aliphatic heterocycles. The van der Waals surface area contributed by atoms with E-state index in [-0.39, 0.29) is 5.97 Å². The van der Waals surface area contributed by atoms with Crippen LogP contribution in [0.2, 0.25) is 0 Å². The van der Waals surface area contributed by atoms with E-state index in [0.717, 1.165) is 18.8 Å². The number of hydrogen-bond donors (Lipinski definition) is 0. The van der Waals surface area contributed by atoms with Gasteiger partial charge in [0.2, 0.25) is 0 Å². The highest BCUT2D eigenvalue weighted by Crippen LogP contribution is 2.14. The van der Waals surface area contributed by atoms with Crippen LogP contribution in [0.5, 0.6) is 0 Å². The molecule has 0 rings (SSSR count). The first-order chi connectivity index (χ1) is 8.57. The van der Waals surface area contributed by atoms with Crippen LogP contribution < -0.4 is 0 Å². The van der Waals surface area contributed by atoms with Crippen molar-refractivity contribution in [2.24, 2.45) is 5.92 Å². The lowest BCUT2D eigenvalue weighted by atomic mass is 10.00. The summed E-state index contributed by atoms with van der Waals surface area (Å²) in [7, 11) is 0. The first-order valence-electron chi connectivity index (χ1n) is 7.40. The summed E-state index contributed by atoms with van der Waals surface area (Å²) in [4.78, 5) is 11.1. The van der Waals surface area contributed by atoms with Gasteiger partial charge in [-0.15, -0.1) is 0 Å². The number of ether oxygens (including phenoxy) is 1. The first kappa shape index (κ1) is 17.2. The number of rotatable bonds is 11. The van der Waals surface area contributed by atoms with Gasteiger partial charge in [-0.2, -0.15) is 0 Å². The van der Waals surface area contributed by atoms with Crippen molar-refractivity contribution in [3.63, 3.8) is 0 Å². The van der Waals surface area contributed by atoms with Crippen LogP contribution in [-0.2, 0) is 9.53 Å². The highest BCUT2D eigenvalue weighted by molar-refractivity contribution is 5.86. The lowest BCUT2D eigenvalue weighted by molar-refractivity contribution is -0.139. The summed E-state index contributed by atoms with van der Waals surface area (Å²) in [6.07, 6.45) is 10.1. The standard InChI is InChI=1S/C16H30O2/c1-5-15(4)12-10-8-6-7-9-11-13-18-16(17)14(2)3/h15H,2,5-13H2,1,3-4H3. The van der Waals surface area contributed by atoms with Crippen LogP contribution in [0.4, 0.5) is 0 Å². The van der Waals surface area contributed by atoms with Gasteiger partial charge in [0.05, 0.1) is 6.61 Å². The predicted octanol–water partition coefficient (Wildman–Crippen LogP) is 4.88. The number of esters is 1. The molecule has 0 aromatic heterocycles. The van der Waals surface area contributed by atoms with E-state index in [0.29, 0.717) is 12.2 Å². The van der Waals surface area contributed by atoms with Crippen molar-refractivity contribution >= 4 is 5.97 Å². The molecule has 0 aromatic rings. The molecule has 1 unspecified atom stereocenters. The molecule has 0 aliphatic carbocycles. The Kier molecular flexibility index (Phi) is 10.8. The minimum absolute atomic E-state index is 0.261. The molecule has 106 valence electrons. The minimum atomic E-state index is -0.261. The molecule has 1 atom stereocenters. The van der Waals surface area contributed by atoms with Gasteiger partial charge in [-0.1, -0.05) is 65.4 Å². The van der Waals surface area contributed by atoms with E-state index in [2.05, 4.69) is 20.4 Å². The molecule has 0 fully saturated rings. The Morgan fingerprint density at radius 2 is 1.67 bits per heavy atom. The lowest BCUT2D eigenvalue weighted by Crippen LogP contribution is -2.05. The highest BCUT2D eigenvalue weighted by atomic mass is 16.5. The van der Waals surface area contributed by atoms with E-state index in [1.165, 1.54) is 38.5 Å². The van der Waals surface area contributed by atoms with Gasteiger partial charge in [0.1, 0.15) is 0 Å². The summed E-state index contributed by atoms with van der Waals surface area (Å²) in [5.74, 6) is 0.620. The average molecular weight is 254 g/mol. The Morgan fingerprint density at radius 3 is 2.22 bits per heavy atom. The number of hydrogen-bond acceptors (Lipinski definition) is 2. The van der Waals surface area contributed by atoms with Crippen LogP contribution in [0.1, 0.15) is 72.1 Å². The summed E-state index contributed by atoms with van der Waals surface area (Å²) >= 11 is 0. The molecule has 0 spiro atoms. The predicted molar refractivity (Wildman–Crippen MR) is 77.5 cm³/mol. The molecule has 2 nitrogen and oxygen atoms in total. The minimum Gasteiger partial charge on any atom is -0.462 e. The summed E-state index contributed by atoms with van der Waals surface area (Å²) in [5, 5.41) is 0. The van der Waals surface area contributed by atoms with Crippen LogP contribution >= 0.6 is 0 Å². The molecule has 0 saturated carbocycles. The zero-order valence-corrected chi connectivity index (χ0v) is 12.5. The molecule has 0 aromatic carbocycles. The monoisotopic (exact) mass is 254 g/mol. The molecular weight excluding hydrogens is 224 g/mol. The maximum atomic E-state index is 11.1. The van der Waals surface area contributed by atoms with E-state index >= 15 is 0 Å². The Balaban J connectivity index is 3.17. The van der Waals surface area contributed by atoms with E-state index in [4.69, 9.17) is 4.74 Å². The third-order valence-electron chi connectivity index (χ3n) is 3.37. The van der Waals surface area contributed by atoms with Crippen molar-refractivity contribution in [1.82, 2.24) is 0 Å². The Morgan fingerprint density at radius 1 is 1.11 bits per heavy atom. The molecule has 0 radical (unpaired) electrons. The molecule has 0 aliphatic rings. The zero-order chi connectivity index (χ0) is 13.8. The second-order valence-electron chi connectivity index (χ2n) is 5.34. The molecular formula is C16H30O2. The summed E-state index contributed by atoms with van der Waals surface area (Å²) in [6, 6.07) is 0.